The maximum Gasteiger partial charge on any atom is 0.0795 e. The zero-order chi connectivity index (χ0) is 12.6. The molecule has 1 aliphatic heterocycles. The number of methoxy groups -OCH3 is 1. The minimum absolute atomic E-state index is 0.808. The fourth-order valence-electron chi connectivity index (χ4n) is 2.37. The number of hydrogen-bond donors (Lipinski definition) is 1. The third-order valence-corrected chi connectivity index (χ3v) is 4.13. The summed E-state index contributed by atoms with van der Waals surface area (Å²) in [5.41, 5.74) is 3.14. The first-order chi connectivity index (χ1) is 8.88. The quantitative estimate of drug-likeness (QED) is 0.763. The number of rotatable bonds is 7. The summed E-state index contributed by atoms with van der Waals surface area (Å²) in [4.78, 5) is 6.86. The zero-order valence-electron chi connectivity index (χ0n) is 11.1. The van der Waals surface area contributed by atoms with E-state index in [1.807, 2.05) is 5.51 Å². The van der Waals surface area contributed by atoms with Crippen LogP contribution < -0.4 is 5.32 Å². The molecule has 2 heterocycles. The lowest BCUT2D eigenvalue weighted by Crippen LogP contribution is -2.37. The van der Waals surface area contributed by atoms with E-state index in [9.17, 15) is 0 Å². The van der Waals surface area contributed by atoms with Crippen LogP contribution in [0.15, 0.2) is 10.9 Å². The van der Waals surface area contributed by atoms with Gasteiger partial charge in [0.2, 0.25) is 0 Å². The van der Waals surface area contributed by atoms with Crippen LogP contribution in [0.1, 0.15) is 18.5 Å². The molecule has 4 nitrogen and oxygen atoms in total. The van der Waals surface area contributed by atoms with Gasteiger partial charge in [0.25, 0.3) is 0 Å². The van der Waals surface area contributed by atoms with Crippen molar-refractivity contribution in [1.29, 1.82) is 0 Å². The van der Waals surface area contributed by atoms with Crippen LogP contribution in [-0.4, -0.2) is 49.8 Å². The van der Waals surface area contributed by atoms with Crippen molar-refractivity contribution in [2.45, 2.75) is 19.4 Å². The molecule has 0 unspecified atom stereocenters. The minimum atomic E-state index is 0.808. The molecule has 0 aliphatic carbocycles. The smallest absolute Gasteiger partial charge is 0.0795 e. The number of thiazole rings is 1. The van der Waals surface area contributed by atoms with Crippen molar-refractivity contribution in [3.63, 3.8) is 0 Å². The maximum atomic E-state index is 5.03. The molecule has 0 amide bonds. The molecular formula is C13H23N3OS. The predicted octanol–water partition coefficient (Wildman–Crippen LogP) is 1.59. The first-order valence-electron chi connectivity index (χ1n) is 6.67. The summed E-state index contributed by atoms with van der Waals surface area (Å²) in [5.74, 6) is 0.827. The second-order valence-corrected chi connectivity index (χ2v) is 5.61. The van der Waals surface area contributed by atoms with Gasteiger partial charge in [0.05, 0.1) is 17.8 Å². The van der Waals surface area contributed by atoms with Crippen LogP contribution in [-0.2, 0) is 11.3 Å². The van der Waals surface area contributed by atoms with E-state index in [0.29, 0.717) is 0 Å². The highest BCUT2D eigenvalue weighted by Gasteiger charge is 2.19. The standard InChI is InChI=1S/C13H23N3OS/c1-17-7-4-14-8-12-2-5-16(6-3-12)9-13-10-18-11-15-13/h10-12,14H,2-9H2,1H3. The monoisotopic (exact) mass is 269 g/mol. The van der Waals surface area contributed by atoms with Gasteiger partial charge in [-0.3, -0.25) is 4.90 Å². The van der Waals surface area contributed by atoms with Gasteiger partial charge >= 0.3 is 0 Å². The summed E-state index contributed by atoms with van der Waals surface area (Å²) in [6.07, 6.45) is 2.59. The summed E-state index contributed by atoms with van der Waals surface area (Å²) in [7, 11) is 1.75. The van der Waals surface area contributed by atoms with Gasteiger partial charge in [0, 0.05) is 25.6 Å². The van der Waals surface area contributed by atoms with Gasteiger partial charge in [0.1, 0.15) is 0 Å². The van der Waals surface area contributed by atoms with Gasteiger partial charge in [-0.25, -0.2) is 4.98 Å². The highest BCUT2D eigenvalue weighted by Crippen LogP contribution is 2.18. The van der Waals surface area contributed by atoms with E-state index in [1.54, 1.807) is 18.4 Å². The Morgan fingerprint density at radius 3 is 3.00 bits per heavy atom. The number of piperidine rings is 1. The van der Waals surface area contributed by atoms with E-state index in [-0.39, 0.29) is 0 Å². The lowest BCUT2D eigenvalue weighted by molar-refractivity contribution is 0.167. The summed E-state index contributed by atoms with van der Waals surface area (Å²) >= 11 is 1.68. The Labute approximate surface area is 113 Å². The summed E-state index contributed by atoms with van der Waals surface area (Å²) in [6.45, 7) is 6.34. The topological polar surface area (TPSA) is 37.4 Å². The predicted molar refractivity (Wildman–Crippen MR) is 74.9 cm³/mol. The number of nitrogens with zero attached hydrogens (tertiary/aromatic N) is 2. The number of nitrogens with one attached hydrogen (secondary N) is 1. The van der Waals surface area contributed by atoms with Crippen molar-refractivity contribution in [2.75, 3.05) is 39.9 Å². The van der Waals surface area contributed by atoms with Crippen LogP contribution in [0.4, 0.5) is 0 Å². The van der Waals surface area contributed by atoms with Gasteiger partial charge < -0.3 is 10.1 Å². The molecule has 18 heavy (non-hydrogen) atoms. The molecule has 0 spiro atoms. The Hall–Kier alpha value is -0.490. The molecule has 1 aromatic rings. The van der Waals surface area contributed by atoms with Gasteiger partial charge in [0.15, 0.2) is 0 Å². The second-order valence-electron chi connectivity index (χ2n) is 4.90. The van der Waals surface area contributed by atoms with Crippen LogP contribution in [0.5, 0.6) is 0 Å². The first kappa shape index (κ1) is 13.9. The fourth-order valence-corrected chi connectivity index (χ4v) is 2.92. The minimum Gasteiger partial charge on any atom is -0.383 e. The maximum absolute atomic E-state index is 5.03. The molecule has 2 rings (SSSR count). The largest absolute Gasteiger partial charge is 0.383 e. The Kier molecular flexibility index (Phi) is 6.07. The molecule has 0 saturated carbocycles. The SMILES string of the molecule is COCCNCC1CCN(Cc2cscn2)CC1. The average molecular weight is 269 g/mol. The van der Waals surface area contributed by atoms with E-state index in [1.165, 1.54) is 31.6 Å². The molecule has 0 aromatic carbocycles. The van der Waals surface area contributed by atoms with Gasteiger partial charge in [-0.15, -0.1) is 11.3 Å². The highest BCUT2D eigenvalue weighted by atomic mass is 32.1. The highest BCUT2D eigenvalue weighted by molar-refractivity contribution is 7.07. The normalized spacial score (nSPS) is 18.3. The van der Waals surface area contributed by atoms with E-state index in [2.05, 4.69) is 20.6 Å². The number of hydrogen-bond acceptors (Lipinski definition) is 5. The molecule has 0 radical (unpaired) electrons. The molecule has 1 aliphatic rings. The lowest BCUT2D eigenvalue weighted by Gasteiger charge is -2.31. The Morgan fingerprint density at radius 1 is 1.50 bits per heavy atom. The van der Waals surface area contributed by atoms with Crippen molar-refractivity contribution < 1.29 is 4.74 Å². The van der Waals surface area contributed by atoms with Crippen molar-refractivity contribution in [3.8, 4) is 0 Å². The van der Waals surface area contributed by atoms with Crippen molar-refractivity contribution >= 4 is 11.3 Å². The Balaban J connectivity index is 1.59. The van der Waals surface area contributed by atoms with Crippen LogP contribution in [0.2, 0.25) is 0 Å². The molecule has 5 heteroatoms. The number of likely N-dealkylation sites (tertiary alicyclic amines) is 1. The van der Waals surface area contributed by atoms with Crippen LogP contribution >= 0.6 is 11.3 Å². The van der Waals surface area contributed by atoms with Gasteiger partial charge in [-0.2, -0.15) is 0 Å². The van der Waals surface area contributed by atoms with Gasteiger partial charge in [-0.1, -0.05) is 0 Å². The van der Waals surface area contributed by atoms with Crippen LogP contribution in [0.3, 0.4) is 0 Å². The summed E-state index contributed by atoms with van der Waals surface area (Å²) < 4.78 is 5.03. The third kappa shape index (κ3) is 4.65. The second kappa shape index (κ2) is 7.84. The molecule has 1 aromatic heterocycles. The Morgan fingerprint density at radius 2 is 2.33 bits per heavy atom. The fraction of sp³-hybridized carbons (Fsp3) is 0.769. The Bertz CT molecular complexity index is 310. The molecule has 1 N–H and O–H groups in total. The van der Waals surface area contributed by atoms with Crippen molar-refractivity contribution in [2.24, 2.45) is 5.92 Å². The third-order valence-electron chi connectivity index (χ3n) is 3.49. The lowest BCUT2D eigenvalue weighted by atomic mass is 9.97. The molecule has 0 atom stereocenters. The molecular weight excluding hydrogens is 246 g/mol. The number of aromatic nitrogens is 1. The molecule has 1 saturated heterocycles. The molecule has 102 valence electrons. The van der Waals surface area contributed by atoms with E-state index in [0.717, 1.165) is 32.2 Å². The summed E-state index contributed by atoms with van der Waals surface area (Å²) in [6, 6.07) is 0. The van der Waals surface area contributed by atoms with E-state index >= 15 is 0 Å². The van der Waals surface area contributed by atoms with Crippen molar-refractivity contribution in [3.05, 3.63) is 16.6 Å². The molecule has 1 fully saturated rings. The number of ether oxygens (including phenoxy) is 1. The summed E-state index contributed by atoms with van der Waals surface area (Å²) in [5, 5.41) is 5.61. The average Bonchev–Trinajstić information content (AvgIpc) is 2.89. The zero-order valence-corrected chi connectivity index (χ0v) is 11.9. The molecule has 0 bridgehead atoms. The van der Waals surface area contributed by atoms with Gasteiger partial charge in [-0.05, 0) is 38.4 Å². The van der Waals surface area contributed by atoms with Crippen LogP contribution in [0, 0.1) is 5.92 Å². The van der Waals surface area contributed by atoms with E-state index < -0.39 is 0 Å². The van der Waals surface area contributed by atoms with Crippen molar-refractivity contribution in [1.82, 2.24) is 15.2 Å². The van der Waals surface area contributed by atoms with E-state index in [4.69, 9.17) is 4.74 Å². The first-order valence-corrected chi connectivity index (χ1v) is 7.62. The van der Waals surface area contributed by atoms with Crippen LogP contribution in [0.25, 0.3) is 0 Å².